The Balaban J connectivity index is 0.00000245. The van der Waals surface area contributed by atoms with E-state index in [4.69, 9.17) is 10.2 Å². The molecule has 0 fully saturated rings. The minimum Gasteiger partial charge on any atom is -1.00 e. The van der Waals surface area contributed by atoms with Crippen LogP contribution in [0.2, 0.25) is 0 Å². The number of hydrogen-bond donors (Lipinski definition) is 0. The molecule has 0 unspecified atom stereocenters. The number of rotatable bonds is 5. The van der Waals surface area contributed by atoms with Crippen molar-refractivity contribution in [2.75, 3.05) is 0 Å². The molecule has 0 aliphatic rings. The summed E-state index contributed by atoms with van der Waals surface area (Å²) in [6.07, 6.45) is 0. The Morgan fingerprint density at radius 3 is 1.75 bits per heavy atom. The zero-order valence-electron chi connectivity index (χ0n) is 17.0. The van der Waals surface area contributed by atoms with Gasteiger partial charge in [-0.15, -0.1) is 0 Å². The van der Waals surface area contributed by atoms with E-state index in [1.54, 1.807) is 9.59 Å². The molecule has 0 saturated carbocycles. The van der Waals surface area contributed by atoms with Crippen LogP contribution >= 0.6 is 0 Å². The van der Waals surface area contributed by atoms with Gasteiger partial charge in [0.1, 0.15) is 5.69 Å². The van der Waals surface area contributed by atoms with Gasteiger partial charge in [-0.3, -0.25) is 0 Å². The second kappa shape index (κ2) is 9.76. The number of benzene rings is 4. The molecule has 0 bridgehead atoms. The van der Waals surface area contributed by atoms with Gasteiger partial charge in [0.15, 0.2) is 5.69 Å². The van der Waals surface area contributed by atoms with Crippen molar-refractivity contribution < 1.29 is 17.2 Å². The van der Waals surface area contributed by atoms with E-state index in [1.807, 2.05) is 115 Å². The minimum atomic E-state index is 0. The number of aromatic nitrogens is 4. The van der Waals surface area contributed by atoms with Crippen molar-refractivity contribution in [3.05, 3.63) is 115 Å². The molecule has 7 heteroatoms. The molecule has 0 amide bonds. The first kappa shape index (κ1) is 21.1. The largest absolute Gasteiger partial charge is 1.00 e. The van der Waals surface area contributed by atoms with E-state index in [0.717, 1.165) is 28.3 Å². The molecular weight excluding hydrogens is 420 g/mol. The third-order valence-corrected chi connectivity index (χ3v) is 4.70. The fraction of sp³-hybridized carbons (Fsp3) is 0. The lowest BCUT2D eigenvalue weighted by molar-refractivity contribution is -0.734. The summed E-state index contributed by atoms with van der Waals surface area (Å²) in [5.74, 6) is 0.650. The van der Waals surface area contributed by atoms with Gasteiger partial charge in [-0.1, -0.05) is 54.6 Å². The average Bonchev–Trinajstić information content (AvgIpc) is 3.30. The highest BCUT2D eigenvalue weighted by Gasteiger charge is 2.23. The van der Waals surface area contributed by atoms with Crippen molar-refractivity contribution in [1.82, 2.24) is 15.0 Å². The van der Waals surface area contributed by atoms with Crippen molar-refractivity contribution in [3.8, 4) is 22.8 Å². The molecular formula is C25H19ClN6. The highest BCUT2D eigenvalue weighted by molar-refractivity contribution is 5.53. The van der Waals surface area contributed by atoms with Gasteiger partial charge in [0.2, 0.25) is 0 Å². The second-order valence-electron chi connectivity index (χ2n) is 6.86. The molecule has 156 valence electrons. The zero-order valence-corrected chi connectivity index (χ0v) is 17.8. The second-order valence-corrected chi connectivity index (χ2v) is 6.86. The first-order valence-electron chi connectivity index (χ1n) is 9.95. The van der Waals surface area contributed by atoms with Gasteiger partial charge < -0.3 is 12.4 Å². The Morgan fingerprint density at radius 2 is 1.12 bits per heavy atom. The van der Waals surface area contributed by atoms with E-state index in [2.05, 4.69) is 10.2 Å². The first-order chi connectivity index (χ1) is 15.4. The normalized spacial score (nSPS) is 10.8. The Bertz CT molecular complexity index is 1300. The predicted octanol–water partition coefficient (Wildman–Crippen LogP) is 2.63. The lowest BCUT2D eigenvalue weighted by atomic mass is 10.2. The van der Waals surface area contributed by atoms with Gasteiger partial charge in [0.25, 0.3) is 0 Å². The van der Waals surface area contributed by atoms with Gasteiger partial charge >= 0.3 is 5.82 Å². The molecule has 32 heavy (non-hydrogen) atoms. The van der Waals surface area contributed by atoms with E-state index in [0.29, 0.717) is 5.82 Å². The maximum atomic E-state index is 4.76. The lowest BCUT2D eigenvalue weighted by Crippen LogP contribution is -3.00. The van der Waals surface area contributed by atoms with Gasteiger partial charge in [0, 0.05) is 4.80 Å². The first-order valence-corrected chi connectivity index (χ1v) is 9.95. The smallest absolute Gasteiger partial charge is 0.340 e. The molecule has 0 N–H and O–H groups in total. The maximum absolute atomic E-state index is 4.76. The number of nitrogens with zero attached hydrogens (tertiary/aromatic N) is 6. The van der Waals surface area contributed by atoms with E-state index in [9.17, 15) is 0 Å². The number of tetrazole rings is 1. The summed E-state index contributed by atoms with van der Waals surface area (Å²) < 4.78 is 0. The van der Waals surface area contributed by atoms with Gasteiger partial charge in [-0.05, 0) is 70.6 Å². The van der Waals surface area contributed by atoms with Crippen LogP contribution in [-0.4, -0.2) is 15.0 Å². The molecule has 0 spiro atoms. The van der Waals surface area contributed by atoms with Crippen molar-refractivity contribution in [3.63, 3.8) is 0 Å². The van der Waals surface area contributed by atoms with Crippen LogP contribution in [0.15, 0.2) is 125 Å². The Kier molecular flexibility index (Phi) is 6.43. The van der Waals surface area contributed by atoms with E-state index >= 15 is 0 Å². The third-order valence-electron chi connectivity index (χ3n) is 4.70. The molecule has 1 aromatic heterocycles. The predicted molar refractivity (Wildman–Crippen MR) is 119 cm³/mol. The Morgan fingerprint density at radius 1 is 0.594 bits per heavy atom. The summed E-state index contributed by atoms with van der Waals surface area (Å²) in [5, 5.41) is 18.1. The lowest BCUT2D eigenvalue weighted by Gasteiger charge is -2.00. The van der Waals surface area contributed by atoms with Gasteiger partial charge in [0.05, 0.1) is 22.0 Å². The van der Waals surface area contributed by atoms with Crippen LogP contribution in [0.3, 0.4) is 0 Å². The Labute approximate surface area is 191 Å². The fourth-order valence-corrected chi connectivity index (χ4v) is 3.15. The third kappa shape index (κ3) is 4.61. The van der Waals surface area contributed by atoms with Crippen LogP contribution < -0.4 is 17.2 Å². The molecule has 0 saturated heterocycles. The Hall–Kier alpha value is -4.16. The highest BCUT2D eigenvalue weighted by atomic mass is 35.5. The standard InChI is InChI=1S/C25H19N6.ClH/c1-4-10-20(11-5-1)25-28-30(23-14-8-3-9-15-23)31(29-25)24-18-16-22(17-19-24)27-26-21-12-6-2-7-13-21;/h1-19H;1H/q+1;/p-1. The summed E-state index contributed by atoms with van der Waals surface area (Å²) in [7, 11) is 0. The number of para-hydroxylation sites is 1. The number of halogens is 1. The monoisotopic (exact) mass is 438 g/mol. The van der Waals surface area contributed by atoms with E-state index < -0.39 is 0 Å². The van der Waals surface area contributed by atoms with E-state index in [1.165, 1.54) is 0 Å². The van der Waals surface area contributed by atoms with Crippen LogP contribution in [0.1, 0.15) is 0 Å². The molecule has 1 heterocycles. The molecule has 4 aromatic carbocycles. The van der Waals surface area contributed by atoms with Gasteiger partial charge in [-0.2, -0.15) is 10.2 Å². The molecule has 0 aliphatic heterocycles. The topological polar surface area (TPSA) is 59.3 Å². The van der Waals surface area contributed by atoms with E-state index in [-0.39, 0.29) is 12.4 Å². The molecule has 5 aromatic rings. The molecule has 0 aliphatic carbocycles. The van der Waals surface area contributed by atoms with Crippen LogP contribution in [0.5, 0.6) is 0 Å². The fourth-order valence-electron chi connectivity index (χ4n) is 3.15. The van der Waals surface area contributed by atoms with Crippen molar-refractivity contribution in [1.29, 1.82) is 0 Å². The SMILES string of the molecule is [Cl-].c1ccc(N=Nc2ccc(-n3nc(-c4ccccc4)n[n+]3-c3ccccc3)cc2)cc1. The number of hydrogen-bond acceptors (Lipinski definition) is 4. The highest BCUT2D eigenvalue weighted by Crippen LogP contribution is 2.20. The summed E-state index contributed by atoms with van der Waals surface area (Å²) in [4.78, 5) is 3.58. The summed E-state index contributed by atoms with van der Waals surface area (Å²) in [5.41, 5.74) is 4.33. The van der Waals surface area contributed by atoms with Crippen molar-refractivity contribution >= 4 is 11.4 Å². The van der Waals surface area contributed by atoms with Crippen molar-refractivity contribution in [2.45, 2.75) is 0 Å². The van der Waals surface area contributed by atoms with Crippen LogP contribution in [0.25, 0.3) is 22.8 Å². The molecule has 0 radical (unpaired) electrons. The summed E-state index contributed by atoms with van der Waals surface area (Å²) in [6, 6.07) is 37.3. The maximum Gasteiger partial charge on any atom is 0.340 e. The van der Waals surface area contributed by atoms with Crippen LogP contribution in [-0.2, 0) is 0 Å². The average molecular weight is 439 g/mol. The number of azo groups is 1. The molecule has 5 rings (SSSR count). The van der Waals surface area contributed by atoms with Gasteiger partial charge in [-0.25, -0.2) is 0 Å². The summed E-state index contributed by atoms with van der Waals surface area (Å²) in [6.45, 7) is 0. The minimum absolute atomic E-state index is 0. The zero-order chi connectivity index (χ0) is 20.9. The van der Waals surface area contributed by atoms with Crippen LogP contribution in [0.4, 0.5) is 11.4 Å². The van der Waals surface area contributed by atoms with Crippen LogP contribution in [0, 0.1) is 0 Å². The quantitative estimate of drug-likeness (QED) is 0.313. The molecule has 0 atom stereocenters. The summed E-state index contributed by atoms with van der Waals surface area (Å²) >= 11 is 0. The molecule has 6 nitrogen and oxygen atoms in total. The van der Waals surface area contributed by atoms with Crippen molar-refractivity contribution in [2.24, 2.45) is 10.2 Å².